The van der Waals surface area contributed by atoms with Gasteiger partial charge < -0.3 is 19.7 Å². The molecule has 0 aliphatic carbocycles. The average molecular weight is 298 g/mol. The molecule has 0 radical (unpaired) electrons. The van der Waals surface area contributed by atoms with E-state index in [-0.39, 0.29) is 11.9 Å². The van der Waals surface area contributed by atoms with E-state index in [9.17, 15) is 4.39 Å². The summed E-state index contributed by atoms with van der Waals surface area (Å²) in [5, 5.41) is 3.12. The van der Waals surface area contributed by atoms with E-state index in [1.165, 1.54) is 0 Å². The molecule has 0 spiro atoms. The molecule has 0 amide bonds. The Morgan fingerprint density at radius 2 is 1.90 bits per heavy atom. The number of nitrogens with zero attached hydrogens (tertiary/aromatic N) is 1. The Labute approximate surface area is 127 Å². The molecule has 0 aromatic heterocycles. The molecule has 1 unspecified atom stereocenters. The van der Waals surface area contributed by atoms with E-state index in [1.807, 2.05) is 31.0 Å². The topological polar surface area (TPSA) is 33.7 Å². The SMILES string of the molecule is CNC(C)c1ccc(N(CCCOC)CCOC)c(F)c1. The van der Waals surface area contributed by atoms with Crippen molar-refractivity contribution in [3.8, 4) is 0 Å². The monoisotopic (exact) mass is 298 g/mol. The standard InChI is InChI=1S/C16H27FN2O2/c1-13(18-2)14-6-7-16(15(17)12-14)19(9-11-21-4)8-5-10-20-3/h6-7,12-13,18H,5,8-11H2,1-4H3. The van der Waals surface area contributed by atoms with Crippen molar-refractivity contribution in [1.82, 2.24) is 5.32 Å². The first-order valence-electron chi connectivity index (χ1n) is 7.33. The quantitative estimate of drug-likeness (QED) is 0.673. The van der Waals surface area contributed by atoms with Crippen LogP contribution in [0.3, 0.4) is 0 Å². The van der Waals surface area contributed by atoms with Gasteiger partial charge >= 0.3 is 0 Å². The number of halogens is 1. The molecule has 5 heteroatoms. The number of anilines is 1. The van der Waals surface area contributed by atoms with E-state index in [0.29, 0.717) is 25.4 Å². The smallest absolute Gasteiger partial charge is 0.146 e. The summed E-state index contributed by atoms with van der Waals surface area (Å²) in [4.78, 5) is 2.01. The lowest BCUT2D eigenvalue weighted by Crippen LogP contribution is -2.30. The van der Waals surface area contributed by atoms with Crippen LogP contribution in [0.1, 0.15) is 24.9 Å². The minimum absolute atomic E-state index is 0.134. The lowest BCUT2D eigenvalue weighted by Gasteiger charge is -2.25. The number of ether oxygens (including phenoxy) is 2. The van der Waals surface area contributed by atoms with Crippen molar-refractivity contribution in [2.45, 2.75) is 19.4 Å². The first-order chi connectivity index (χ1) is 10.1. The van der Waals surface area contributed by atoms with Crippen molar-refractivity contribution in [3.63, 3.8) is 0 Å². The van der Waals surface area contributed by atoms with E-state index in [4.69, 9.17) is 9.47 Å². The van der Waals surface area contributed by atoms with Gasteiger partial charge in [-0.05, 0) is 38.1 Å². The molecule has 0 saturated carbocycles. The van der Waals surface area contributed by atoms with Gasteiger partial charge in [-0.1, -0.05) is 6.07 Å². The maximum atomic E-state index is 14.4. The Balaban J connectivity index is 2.84. The van der Waals surface area contributed by atoms with E-state index in [2.05, 4.69) is 5.32 Å². The largest absolute Gasteiger partial charge is 0.385 e. The molecule has 120 valence electrons. The number of nitrogens with one attached hydrogen (secondary N) is 1. The number of hydrogen-bond acceptors (Lipinski definition) is 4. The number of methoxy groups -OCH3 is 2. The van der Waals surface area contributed by atoms with Gasteiger partial charge in [0.1, 0.15) is 5.82 Å². The van der Waals surface area contributed by atoms with Crippen molar-refractivity contribution < 1.29 is 13.9 Å². The molecule has 1 aromatic carbocycles. The summed E-state index contributed by atoms with van der Waals surface area (Å²) in [7, 11) is 5.20. The summed E-state index contributed by atoms with van der Waals surface area (Å²) in [6.45, 7) is 4.66. The minimum Gasteiger partial charge on any atom is -0.385 e. The summed E-state index contributed by atoms with van der Waals surface area (Å²) < 4.78 is 24.6. The highest BCUT2D eigenvalue weighted by Gasteiger charge is 2.13. The molecule has 0 aliphatic heterocycles. The maximum absolute atomic E-state index is 14.4. The molecular weight excluding hydrogens is 271 g/mol. The van der Waals surface area contributed by atoms with Crippen molar-refractivity contribution in [2.75, 3.05) is 52.5 Å². The van der Waals surface area contributed by atoms with Crippen molar-refractivity contribution >= 4 is 5.69 Å². The van der Waals surface area contributed by atoms with Gasteiger partial charge in [0, 0.05) is 40.0 Å². The Morgan fingerprint density at radius 1 is 1.19 bits per heavy atom. The van der Waals surface area contributed by atoms with Gasteiger partial charge in [-0.25, -0.2) is 4.39 Å². The van der Waals surface area contributed by atoms with Crippen molar-refractivity contribution in [1.29, 1.82) is 0 Å². The Kier molecular flexibility index (Phi) is 8.27. The molecule has 21 heavy (non-hydrogen) atoms. The summed E-state index contributed by atoms with van der Waals surface area (Å²) in [6, 6.07) is 5.55. The van der Waals surface area contributed by atoms with Gasteiger partial charge in [-0.15, -0.1) is 0 Å². The Morgan fingerprint density at radius 3 is 2.48 bits per heavy atom. The predicted octanol–water partition coefficient (Wildman–Crippen LogP) is 2.60. The fraction of sp³-hybridized carbons (Fsp3) is 0.625. The molecule has 0 heterocycles. The molecule has 0 fully saturated rings. The molecule has 4 nitrogen and oxygen atoms in total. The second-order valence-corrected chi connectivity index (χ2v) is 5.05. The summed E-state index contributed by atoms with van der Waals surface area (Å²) in [6.07, 6.45) is 0.855. The highest BCUT2D eigenvalue weighted by Crippen LogP contribution is 2.23. The van der Waals surface area contributed by atoms with Gasteiger partial charge in [-0.3, -0.25) is 0 Å². The fourth-order valence-electron chi connectivity index (χ4n) is 2.17. The summed E-state index contributed by atoms with van der Waals surface area (Å²) >= 11 is 0. The third-order valence-corrected chi connectivity index (χ3v) is 3.59. The van der Waals surface area contributed by atoms with Crippen LogP contribution in [0.15, 0.2) is 18.2 Å². The van der Waals surface area contributed by atoms with Crippen LogP contribution < -0.4 is 10.2 Å². The minimum atomic E-state index is -0.192. The van der Waals surface area contributed by atoms with Crippen LogP contribution in [-0.4, -0.2) is 47.6 Å². The predicted molar refractivity (Wildman–Crippen MR) is 84.5 cm³/mol. The molecule has 0 bridgehead atoms. The van der Waals surface area contributed by atoms with Crippen LogP contribution in [0.4, 0.5) is 10.1 Å². The van der Waals surface area contributed by atoms with E-state index < -0.39 is 0 Å². The van der Waals surface area contributed by atoms with Crippen LogP contribution in [0.25, 0.3) is 0 Å². The normalized spacial score (nSPS) is 12.4. The van der Waals surface area contributed by atoms with Gasteiger partial charge in [0.15, 0.2) is 0 Å². The Bertz CT molecular complexity index is 415. The lowest BCUT2D eigenvalue weighted by molar-refractivity contribution is 0.191. The first-order valence-corrected chi connectivity index (χ1v) is 7.33. The Hall–Kier alpha value is -1.17. The van der Waals surface area contributed by atoms with Crippen LogP contribution in [0, 0.1) is 5.82 Å². The van der Waals surface area contributed by atoms with Crippen LogP contribution >= 0.6 is 0 Å². The van der Waals surface area contributed by atoms with Crippen LogP contribution in [0.2, 0.25) is 0 Å². The molecule has 1 aromatic rings. The van der Waals surface area contributed by atoms with Crippen molar-refractivity contribution in [3.05, 3.63) is 29.6 Å². The second-order valence-electron chi connectivity index (χ2n) is 5.05. The molecule has 0 saturated heterocycles. The van der Waals surface area contributed by atoms with E-state index >= 15 is 0 Å². The summed E-state index contributed by atoms with van der Waals surface area (Å²) in [5.41, 5.74) is 1.57. The van der Waals surface area contributed by atoms with Crippen LogP contribution in [-0.2, 0) is 9.47 Å². The van der Waals surface area contributed by atoms with Gasteiger partial charge in [-0.2, -0.15) is 0 Å². The number of hydrogen-bond donors (Lipinski definition) is 1. The van der Waals surface area contributed by atoms with Crippen molar-refractivity contribution in [2.24, 2.45) is 0 Å². The molecule has 1 atom stereocenters. The fourth-order valence-corrected chi connectivity index (χ4v) is 2.17. The molecule has 0 aliphatic rings. The third-order valence-electron chi connectivity index (χ3n) is 3.59. The molecule has 1 rings (SSSR count). The maximum Gasteiger partial charge on any atom is 0.146 e. The molecular formula is C16H27FN2O2. The highest BCUT2D eigenvalue weighted by atomic mass is 19.1. The summed E-state index contributed by atoms with van der Waals surface area (Å²) in [5.74, 6) is -0.192. The third kappa shape index (κ3) is 5.61. The van der Waals surface area contributed by atoms with E-state index in [1.54, 1.807) is 20.3 Å². The number of rotatable bonds is 10. The zero-order chi connectivity index (χ0) is 15.7. The van der Waals surface area contributed by atoms with Gasteiger partial charge in [0.2, 0.25) is 0 Å². The van der Waals surface area contributed by atoms with E-state index in [0.717, 1.165) is 18.5 Å². The zero-order valence-electron chi connectivity index (χ0n) is 13.5. The highest BCUT2D eigenvalue weighted by molar-refractivity contribution is 5.49. The average Bonchev–Trinajstić information content (AvgIpc) is 2.50. The second kappa shape index (κ2) is 9.71. The number of benzene rings is 1. The first kappa shape index (κ1) is 17.9. The van der Waals surface area contributed by atoms with Gasteiger partial charge in [0.05, 0.1) is 12.3 Å². The van der Waals surface area contributed by atoms with Gasteiger partial charge in [0.25, 0.3) is 0 Å². The van der Waals surface area contributed by atoms with Crippen LogP contribution in [0.5, 0.6) is 0 Å². The lowest BCUT2D eigenvalue weighted by atomic mass is 10.1. The zero-order valence-corrected chi connectivity index (χ0v) is 13.5. The molecule has 1 N–H and O–H groups in total.